The van der Waals surface area contributed by atoms with E-state index in [-0.39, 0.29) is 51.4 Å². The average Bonchev–Trinajstić information content (AvgIpc) is 3.64. The van der Waals surface area contributed by atoms with Crippen molar-refractivity contribution >= 4 is 26.2 Å². The van der Waals surface area contributed by atoms with E-state index in [4.69, 9.17) is 13.9 Å². The van der Waals surface area contributed by atoms with Gasteiger partial charge in [0.2, 0.25) is 0 Å². The van der Waals surface area contributed by atoms with Crippen LogP contribution in [0.5, 0.6) is 0 Å². The number of fused-ring (bicyclic) bond motifs is 7. The molecule has 7 aliphatic rings. The summed E-state index contributed by atoms with van der Waals surface area (Å²) in [5.41, 5.74) is 2.55. The molecule has 0 aromatic heterocycles. The largest absolute Gasteiger partial charge is 0.519 e. The minimum Gasteiger partial charge on any atom is -0.519 e. The van der Waals surface area contributed by atoms with Gasteiger partial charge < -0.3 is 24.1 Å². The lowest BCUT2D eigenvalue weighted by Gasteiger charge is -2.72. The number of hydrogen-bond donors (Lipinski definition) is 1. The van der Waals surface area contributed by atoms with E-state index in [0.717, 1.165) is 25.9 Å². The van der Waals surface area contributed by atoms with Gasteiger partial charge in [0.05, 0.1) is 18.6 Å². The van der Waals surface area contributed by atoms with E-state index < -0.39 is 37.8 Å². The number of likely N-dealkylation sites (tertiary alicyclic amines) is 1. The fourth-order valence-electron chi connectivity index (χ4n) is 16.3. The number of halogens is 1. The predicted octanol–water partition coefficient (Wildman–Crippen LogP) is 12.3. The highest BCUT2D eigenvalue weighted by molar-refractivity contribution is 6.75. The molecule has 1 saturated heterocycles. The van der Waals surface area contributed by atoms with E-state index in [1.807, 2.05) is 0 Å². The second kappa shape index (κ2) is 18.1. The van der Waals surface area contributed by atoms with Crippen LogP contribution in [0.4, 0.5) is 4.39 Å². The molecule has 0 spiro atoms. The first-order valence-corrected chi connectivity index (χ1v) is 29.4. The maximum Gasteiger partial charge on any atom is 0.323 e. The van der Waals surface area contributed by atoms with Crippen molar-refractivity contribution < 1.29 is 32.7 Å². The lowest BCUT2D eigenvalue weighted by atomic mass is 9.33. The third kappa shape index (κ3) is 8.18. The number of nitrogens with zero attached hydrogens (tertiary/aromatic N) is 1. The van der Waals surface area contributed by atoms with Crippen molar-refractivity contribution in [1.82, 2.24) is 10.2 Å². The first kappa shape index (κ1) is 51.5. The van der Waals surface area contributed by atoms with Crippen molar-refractivity contribution in [2.24, 2.45) is 62.1 Å². The van der Waals surface area contributed by atoms with Gasteiger partial charge in [0.15, 0.2) is 5.41 Å². The highest BCUT2D eigenvalue weighted by Gasteiger charge is 2.70. The summed E-state index contributed by atoms with van der Waals surface area (Å²) in [6.07, 6.45) is 18.3. The Hall–Kier alpha value is -2.30. The van der Waals surface area contributed by atoms with E-state index in [0.29, 0.717) is 68.4 Å². The van der Waals surface area contributed by atoms with Gasteiger partial charge in [-0.1, -0.05) is 79.7 Å². The lowest BCUT2D eigenvalue weighted by molar-refractivity contribution is -0.221. The molecule has 0 radical (unpaired) electrons. The van der Waals surface area contributed by atoms with Gasteiger partial charge in [0, 0.05) is 18.6 Å². The van der Waals surface area contributed by atoms with Gasteiger partial charge >= 0.3 is 17.9 Å². The number of piperidine rings is 1. The van der Waals surface area contributed by atoms with Crippen LogP contribution in [0, 0.1) is 62.1 Å². The number of carbonyl (C=O) groups is 3. The van der Waals surface area contributed by atoms with Gasteiger partial charge in [0.1, 0.15) is 6.67 Å². The molecule has 1 heterocycles. The molecule has 0 bridgehead atoms. The monoisotopic (exact) mass is 935 g/mol. The molecule has 5 fully saturated rings. The summed E-state index contributed by atoms with van der Waals surface area (Å²) in [5.74, 6) is 1.68. The SMILES string of the molecule is C=C(C)[C@@H]1CC[C@]2(NCCN3CCC(C(=O)OCC)(C(=O)OCC)CC3)CC[C@]3(C)[C@H](CC[C@@H]4[C@@]5(C)CC=C(C6=CCC(CF)(C(=O)O[Si](C)(C)C(C)(C)C)CC6)C(C)(C)[C@@H]5CC[C@]43C)[C@@H]12. The third-order valence-corrected chi connectivity index (χ3v) is 25.7. The van der Waals surface area contributed by atoms with Crippen molar-refractivity contribution in [1.29, 1.82) is 0 Å². The van der Waals surface area contributed by atoms with Crippen molar-refractivity contribution in [3.63, 3.8) is 0 Å². The molecule has 10 atom stereocenters. The van der Waals surface area contributed by atoms with Gasteiger partial charge in [-0.2, -0.15) is 0 Å². The molecule has 1 unspecified atom stereocenters. The summed E-state index contributed by atoms with van der Waals surface area (Å²) >= 11 is 0. The quantitative estimate of drug-likeness (QED) is 0.0845. The van der Waals surface area contributed by atoms with E-state index in [1.54, 1.807) is 13.8 Å². The van der Waals surface area contributed by atoms with Gasteiger partial charge in [-0.3, -0.25) is 14.4 Å². The predicted molar refractivity (Wildman–Crippen MR) is 266 cm³/mol. The standard InChI is InChI=1S/C56H91FN2O6Si/c1-15-63-47(61)55(48(62)64-16-2)31-34-59(35-32-55)36-33-58-56-28-21-40(38(3)4)45(56)42-17-18-44-51(10)24-22-41(50(8,9)43(51)23-25-53(44,12)52(42,11)29-30-56)39-19-26-54(37-57,27-20-39)46(60)65-66(13,14)49(5,6)7/h19,22,40,42-45,58H,3,15-18,20-21,23-37H2,1-2,4-14H3/t40-,42+,43-,44+,45+,51-,52+,53+,54?,56-/m0/s1. The molecule has 7 rings (SSSR count). The fraction of sp³-hybridized carbons (Fsp3) is 0.839. The van der Waals surface area contributed by atoms with Gasteiger partial charge in [0.25, 0.3) is 8.32 Å². The van der Waals surface area contributed by atoms with Crippen LogP contribution in [0.2, 0.25) is 18.1 Å². The Bertz CT molecular complexity index is 1930. The lowest BCUT2D eigenvalue weighted by Crippen LogP contribution is -2.68. The van der Waals surface area contributed by atoms with E-state index in [2.05, 4.69) is 104 Å². The van der Waals surface area contributed by atoms with Crippen LogP contribution in [0.3, 0.4) is 0 Å². The summed E-state index contributed by atoms with van der Waals surface area (Å²) in [5, 5.41) is 4.16. The molecule has 66 heavy (non-hydrogen) atoms. The number of alkyl halides is 1. The van der Waals surface area contributed by atoms with Crippen molar-refractivity contribution in [2.75, 3.05) is 46.1 Å². The first-order valence-electron chi connectivity index (χ1n) is 26.4. The number of ether oxygens (including phenoxy) is 2. The first-order chi connectivity index (χ1) is 30.8. The Labute approximate surface area is 401 Å². The molecule has 0 aromatic rings. The van der Waals surface area contributed by atoms with Crippen LogP contribution >= 0.6 is 0 Å². The van der Waals surface area contributed by atoms with Crippen LogP contribution in [-0.4, -0.2) is 82.7 Å². The summed E-state index contributed by atoms with van der Waals surface area (Å²) in [7, 11) is -2.38. The minimum absolute atomic E-state index is 0.0229. The summed E-state index contributed by atoms with van der Waals surface area (Å²) in [6.45, 7) is 37.1. The van der Waals surface area contributed by atoms with Gasteiger partial charge in [-0.15, -0.1) is 0 Å². The van der Waals surface area contributed by atoms with E-state index in [9.17, 15) is 14.4 Å². The van der Waals surface area contributed by atoms with Crippen LogP contribution in [-0.2, 0) is 28.3 Å². The molecule has 0 aromatic carbocycles. The Morgan fingerprint density at radius 2 is 1.47 bits per heavy atom. The summed E-state index contributed by atoms with van der Waals surface area (Å²) < 4.78 is 32.1. The average molecular weight is 935 g/mol. The molecular weight excluding hydrogens is 844 g/mol. The smallest absolute Gasteiger partial charge is 0.323 e. The number of nitrogens with one attached hydrogen (secondary N) is 1. The minimum atomic E-state index is -2.38. The molecule has 1 aliphatic heterocycles. The number of rotatable bonds is 13. The van der Waals surface area contributed by atoms with Gasteiger partial charge in [-0.25, -0.2) is 4.39 Å². The maximum absolute atomic E-state index is 15.0. The van der Waals surface area contributed by atoms with Gasteiger partial charge in [-0.05, 0) is 204 Å². The third-order valence-electron chi connectivity index (χ3n) is 21.4. The molecule has 1 N–H and O–H groups in total. The number of hydrogen-bond acceptors (Lipinski definition) is 8. The zero-order valence-corrected chi connectivity index (χ0v) is 44.9. The summed E-state index contributed by atoms with van der Waals surface area (Å²) in [4.78, 5) is 42.4. The molecule has 0 amide bonds. The Balaban J connectivity index is 1.06. The number of allylic oxidation sites excluding steroid dienone is 5. The van der Waals surface area contributed by atoms with Crippen molar-refractivity contribution in [3.8, 4) is 0 Å². The van der Waals surface area contributed by atoms with Crippen LogP contribution in [0.15, 0.2) is 35.5 Å². The normalized spacial score (nSPS) is 38.6. The number of carbonyl (C=O) groups excluding carboxylic acids is 3. The van der Waals surface area contributed by atoms with E-state index in [1.165, 1.54) is 68.1 Å². The maximum atomic E-state index is 15.0. The number of esters is 2. The molecule has 8 nitrogen and oxygen atoms in total. The van der Waals surface area contributed by atoms with E-state index >= 15 is 4.39 Å². The highest BCUT2D eigenvalue weighted by atomic mass is 28.4. The zero-order chi connectivity index (χ0) is 48.5. The second-order valence-corrected chi connectivity index (χ2v) is 30.4. The van der Waals surface area contributed by atoms with Crippen molar-refractivity contribution in [2.45, 2.75) is 190 Å². The van der Waals surface area contributed by atoms with Crippen LogP contribution in [0.1, 0.15) is 166 Å². The highest BCUT2D eigenvalue weighted by Crippen LogP contribution is 2.76. The topological polar surface area (TPSA) is 94.2 Å². The molecule has 6 aliphatic carbocycles. The fourth-order valence-corrected chi connectivity index (χ4v) is 17.2. The zero-order valence-electron chi connectivity index (χ0n) is 43.9. The van der Waals surface area contributed by atoms with Crippen LogP contribution in [0.25, 0.3) is 0 Å². The Kier molecular flexibility index (Phi) is 14.2. The Morgan fingerprint density at radius 3 is 2.03 bits per heavy atom. The van der Waals surface area contributed by atoms with Crippen molar-refractivity contribution in [3.05, 3.63) is 35.5 Å². The second-order valence-electron chi connectivity index (χ2n) is 25.7. The molecule has 372 valence electrons. The van der Waals surface area contributed by atoms with Crippen LogP contribution < -0.4 is 5.32 Å². The molecular formula is C56H91FN2O6Si. The molecule has 10 heteroatoms. The summed E-state index contributed by atoms with van der Waals surface area (Å²) in [6, 6.07) is 0. The molecule has 4 saturated carbocycles. The Morgan fingerprint density at radius 1 is 0.818 bits per heavy atom.